The summed E-state index contributed by atoms with van der Waals surface area (Å²) in [6.07, 6.45) is 0.716. The number of carbonyl (C=O) groups is 1. The van der Waals surface area contributed by atoms with E-state index in [1.54, 1.807) is 23.3 Å². The third kappa shape index (κ3) is 3.05. The average molecular weight is 384 g/mol. The summed E-state index contributed by atoms with van der Waals surface area (Å²) in [6.45, 7) is 1.55. The van der Waals surface area contributed by atoms with Crippen molar-refractivity contribution in [3.8, 4) is 0 Å². The first kappa shape index (κ1) is 14.8. The van der Waals surface area contributed by atoms with E-state index in [1.165, 1.54) is 0 Å². The van der Waals surface area contributed by atoms with Gasteiger partial charge in [-0.1, -0.05) is 23.7 Å². The van der Waals surface area contributed by atoms with Crippen LogP contribution in [0.25, 0.3) is 0 Å². The van der Waals surface area contributed by atoms with Gasteiger partial charge in [0.15, 0.2) is 0 Å². The Bertz CT molecular complexity index is 711. The maximum Gasteiger partial charge on any atom is 0.240 e. The minimum atomic E-state index is -0.0477. The van der Waals surface area contributed by atoms with E-state index in [2.05, 4.69) is 21.0 Å². The van der Waals surface area contributed by atoms with Crippen LogP contribution < -0.4 is 0 Å². The number of amides is 1. The first-order valence-electron chi connectivity index (χ1n) is 6.43. The second kappa shape index (κ2) is 5.91. The third-order valence-electron chi connectivity index (χ3n) is 3.33. The summed E-state index contributed by atoms with van der Waals surface area (Å²) in [5.41, 5.74) is 1.92. The van der Waals surface area contributed by atoms with E-state index in [-0.39, 0.29) is 11.9 Å². The lowest BCUT2D eigenvalue weighted by Crippen LogP contribution is -2.23. The molecule has 0 fully saturated rings. The van der Waals surface area contributed by atoms with E-state index in [1.807, 2.05) is 36.4 Å². The van der Waals surface area contributed by atoms with Crippen LogP contribution in [0.3, 0.4) is 0 Å². The summed E-state index contributed by atoms with van der Waals surface area (Å²) >= 11 is 11.0. The normalized spacial score (nSPS) is 18.0. The summed E-state index contributed by atoms with van der Waals surface area (Å²) in [6, 6.07) is 11.6. The summed E-state index contributed by atoms with van der Waals surface area (Å²) in [5, 5.41) is 6.77. The molecule has 2 heterocycles. The van der Waals surface area contributed by atoms with Crippen LogP contribution >= 0.6 is 38.9 Å². The van der Waals surface area contributed by atoms with E-state index in [4.69, 9.17) is 11.6 Å². The lowest BCUT2D eigenvalue weighted by Gasteiger charge is -2.18. The molecule has 21 heavy (non-hydrogen) atoms. The van der Waals surface area contributed by atoms with Crippen molar-refractivity contribution in [3.63, 3.8) is 0 Å². The van der Waals surface area contributed by atoms with E-state index in [0.717, 1.165) is 19.9 Å². The minimum absolute atomic E-state index is 0.0236. The highest BCUT2D eigenvalue weighted by Gasteiger charge is 2.32. The Morgan fingerprint density at radius 3 is 2.62 bits per heavy atom. The molecule has 0 N–H and O–H groups in total. The second-order valence-corrected chi connectivity index (χ2v) is 7.71. The molecular formula is C15H12BrClN2OS. The Balaban J connectivity index is 1.92. The molecule has 3 rings (SSSR count). The second-order valence-electron chi connectivity index (χ2n) is 4.78. The number of benzene rings is 1. The summed E-state index contributed by atoms with van der Waals surface area (Å²) in [5.74, 6) is -0.0477. The fourth-order valence-corrected chi connectivity index (χ4v) is 3.98. The first-order chi connectivity index (χ1) is 10.0. The molecule has 1 atom stereocenters. The topological polar surface area (TPSA) is 32.7 Å². The zero-order valence-corrected chi connectivity index (χ0v) is 14.4. The summed E-state index contributed by atoms with van der Waals surface area (Å²) in [7, 11) is 0. The van der Waals surface area contributed by atoms with Crippen LogP contribution in [-0.4, -0.2) is 16.6 Å². The van der Waals surface area contributed by atoms with Crippen molar-refractivity contribution >= 4 is 50.5 Å². The monoisotopic (exact) mass is 382 g/mol. The van der Waals surface area contributed by atoms with Crippen LogP contribution in [0, 0.1) is 0 Å². The molecule has 1 unspecified atom stereocenters. The Morgan fingerprint density at radius 1 is 1.33 bits per heavy atom. The van der Waals surface area contributed by atoms with Crippen LogP contribution in [0.15, 0.2) is 45.3 Å². The molecular weight excluding hydrogens is 372 g/mol. The molecule has 0 bridgehead atoms. The molecule has 0 aliphatic carbocycles. The number of nitrogens with zero attached hydrogens (tertiary/aromatic N) is 2. The predicted octanol–water partition coefficient (Wildman–Crippen LogP) is 4.86. The fraction of sp³-hybridized carbons (Fsp3) is 0.200. The van der Waals surface area contributed by atoms with Crippen LogP contribution in [-0.2, 0) is 4.79 Å². The largest absolute Gasteiger partial charge is 0.273 e. The smallest absolute Gasteiger partial charge is 0.240 e. The quantitative estimate of drug-likeness (QED) is 0.729. The van der Waals surface area contributed by atoms with Gasteiger partial charge in [-0.2, -0.15) is 5.10 Å². The van der Waals surface area contributed by atoms with Gasteiger partial charge in [-0.05, 0) is 45.8 Å². The minimum Gasteiger partial charge on any atom is -0.273 e. The van der Waals surface area contributed by atoms with E-state index >= 15 is 0 Å². The van der Waals surface area contributed by atoms with E-state index in [9.17, 15) is 4.79 Å². The van der Waals surface area contributed by atoms with Gasteiger partial charge >= 0.3 is 0 Å². The highest BCUT2D eigenvalue weighted by Crippen LogP contribution is 2.37. The Labute approximate surface area is 140 Å². The van der Waals surface area contributed by atoms with Crippen LogP contribution in [0.2, 0.25) is 5.02 Å². The van der Waals surface area contributed by atoms with Crippen LogP contribution in [0.1, 0.15) is 29.8 Å². The molecule has 0 saturated heterocycles. The molecule has 1 amide bonds. The molecule has 1 aliphatic rings. The fourth-order valence-electron chi connectivity index (χ4n) is 2.35. The molecule has 0 saturated carbocycles. The van der Waals surface area contributed by atoms with Gasteiger partial charge in [-0.25, -0.2) is 5.01 Å². The van der Waals surface area contributed by atoms with Crippen molar-refractivity contribution in [1.29, 1.82) is 0 Å². The lowest BCUT2D eigenvalue weighted by atomic mass is 10.0. The number of hydrazone groups is 1. The molecule has 2 aromatic rings. The standard InChI is InChI=1S/C15H12BrClN2OS/c1-9(20)19-13(14-6-7-15(16)21-14)8-12(18-19)10-2-4-11(17)5-3-10/h2-7,13H,8H2,1H3. The number of rotatable bonds is 2. The molecule has 6 heteroatoms. The SMILES string of the molecule is CC(=O)N1N=C(c2ccc(Cl)cc2)CC1c1ccc(Br)s1. The van der Waals surface area contributed by atoms with Gasteiger partial charge in [0, 0.05) is 23.2 Å². The highest BCUT2D eigenvalue weighted by molar-refractivity contribution is 9.11. The van der Waals surface area contributed by atoms with Gasteiger partial charge in [0.05, 0.1) is 15.5 Å². The number of hydrogen-bond donors (Lipinski definition) is 0. The molecule has 108 valence electrons. The van der Waals surface area contributed by atoms with E-state index in [0.29, 0.717) is 11.4 Å². The van der Waals surface area contributed by atoms with Gasteiger partial charge < -0.3 is 0 Å². The Hall–Kier alpha value is -1.17. The molecule has 0 spiro atoms. The number of carbonyl (C=O) groups excluding carboxylic acids is 1. The third-order valence-corrected chi connectivity index (χ3v) is 5.31. The van der Waals surface area contributed by atoms with Gasteiger partial charge in [0.2, 0.25) is 5.91 Å². The molecule has 1 aromatic heterocycles. The average Bonchev–Trinajstić information content (AvgIpc) is 3.05. The maximum absolute atomic E-state index is 11.9. The Kier molecular flexibility index (Phi) is 4.15. The molecule has 3 nitrogen and oxygen atoms in total. The van der Waals surface area contributed by atoms with Gasteiger partial charge in [0.25, 0.3) is 0 Å². The van der Waals surface area contributed by atoms with Crippen molar-refractivity contribution in [2.75, 3.05) is 0 Å². The molecule has 1 aliphatic heterocycles. The van der Waals surface area contributed by atoms with Crippen LogP contribution in [0.5, 0.6) is 0 Å². The van der Waals surface area contributed by atoms with Crippen LogP contribution in [0.4, 0.5) is 0 Å². The first-order valence-corrected chi connectivity index (χ1v) is 8.42. The Morgan fingerprint density at radius 2 is 2.05 bits per heavy atom. The number of hydrogen-bond acceptors (Lipinski definition) is 3. The zero-order valence-electron chi connectivity index (χ0n) is 11.2. The summed E-state index contributed by atoms with van der Waals surface area (Å²) in [4.78, 5) is 13.0. The number of halogens is 2. The van der Waals surface area contributed by atoms with Crippen molar-refractivity contribution in [2.45, 2.75) is 19.4 Å². The van der Waals surface area contributed by atoms with Crippen molar-refractivity contribution < 1.29 is 4.79 Å². The van der Waals surface area contributed by atoms with Crippen molar-refractivity contribution in [1.82, 2.24) is 5.01 Å². The van der Waals surface area contributed by atoms with Gasteiger partial charge in [-0.15, -0.1) is 11.3 Å². The van der Waals surface area contributed by atoms with E-state index < -0.39 is 0 Å². The molecule has 1 aromatic carbocycles. The number of thiophene rings is 1. The van der Waals surface area contributed by atoms with Crippen molar-refractivity contribution in [2.24, 2.45) is 5.10 Å². The summed E-state index contributed by atoms with van der Waals surface area (Å²) < 4.78 is 1.06. The predicted molar refractivity (Wildman–Crippen MR) is 89.9 cm³/mol. The van der Waals surface area contributed by atoms with Gasteiger partial charge in [-0.3, -0.25) is 4.79 Å². The van der Waals surface area contributed by atoms with Gasteiger partial charge in [0.1, 0.15) is 0 Å². The zero-order chi connectivity index (χ0) is 15.0. The molecule has 0 radical (unpaired) electrons. The maximum atomic E-state index is 11.9. The lowest BCUT2D eigenvalue weighted by molar-refractivity contribution is -0.130. The van der Waals surface area contributed by atoms with Crippen molar-refractivity contribution in [3.05, 3.63) is 55.6 Å². The highest BCUT2D eigenvalue weighted by atomic mass is 79.9.